The molecule has 3 rings (SSSR count). The van der Waals surface area contributed by atoms with Crippen molar-refractivity contribution in [3.63, 3.8) is 0 Å². The molecule has 1 aliphatic heterocycles. The Morgan fingerprint density at radius 3 is 2.64 bits per heavy atom. The molecule has 0 radical (unpaired) electrons. The van der Waals surface area contributed by atoms with Gasteiger partial charge in [0.25, 0.3) is 0 Å². The minimum atomic E-state index is -1.09. The third-order valence-corrected chi connectivity index (χ3v) is 3.96. The lowest BCUT2D eigenvalue weighted by molar-refractivity contribution is 0.0661. The van der Waals surface area contributed by atoms with Crippen molar-refractivity contribution in [1.82, 2.24) is 5.32 Å². The number of hydrogen-bond acceptors (Lipinski definition) is 5. The van der Waals surface area contributed by atoms with Crippen molar-refractivity contribution in [1.29, 1.82) is 0 Å². The van der Waals surface area contributed by atoms with E-state index in [0.717, 1.165) is 16.9 Å². The Labute approximate surface area is 145 Å². The highest BCUT2D eigenvalue weighted by molar-refractivity contribution is 5.84. The number of dihydropyridines is 1. The van der Waals surface area contributed by atoms with Crippen molar-refractivity contribution in [3.8, 4) is 5.75 Å². The minimum Gasteiger partial charge on any atom is -0.495 e. The SMILES string of the molecule is COC1=CNC(c2ccc(OCc3cc(C(=O)O)oc3C)cc2)C=C1. The first-order valence-electron chi connectivity index (χ1n) is 7.80. The number of aryl methyl sites for hydroxylation is 1. The number of nitrogens with one attached hydrogen (secondary N) is 1. The largest absolute Gasteiger partial charge is 0.495 e. The molecule has 6 nitrogen and oxygen atoms in total. The summed E-state index contributed by atoms with van der Waals surface area (Å²) in [5, 5.41) is 12.2. The summed E-state index contributed by atoms with van der Waals surface area (Å²) in [5.41, 5.74) is 1.82. The standard InChI is InChI=1S/C19H19NO5/c1-12-14(9-18(25-12)19(21)22)11-24-15-5-3-13(4-6-15)17-8-7-16(23-2)10-20-17/h3-10,17,20H,11H2,1-2H3,(H,21,22). The van der Waals surface area contributed by atoms with Crippen LogP contribution in [0.3, 0.4) is 0 Å². The maximum absolute atomic E-state index is 10.9. The van der Waals surface area contributed by atoms with Crippen LogP contribution in [-0.2, 0) is 11.3 Å². The van der Waals surface area contributed by atoms with Gasteiger partial charge in [-0.3, -0.25) is 0 Å². The molecule has 1 aromatic carbocycles. The van der Waals surface area contributed by atoms with Crippen LogP contribution in [0.4, 0.5) is 0 Å². The first kappa shape index (κ1) is 16.7. The van der Waals surface area contributed by atoms with E-state index < -0.39 is 5.97 Å². The molecule has 2 aromatic rings. The van der Waals surface area contributed by atoms with Gasteiger partial charge in [-0.2, -0.15) is 0 Å². The average molecular weight is 341 g/mol. The van der Waals surface area contributed by atoms with Crippen LogP contribution in [0.15, 0.2) is 58.9 Å². The summed E-state index contributed by atoms with van der Waals surface area (Å²) >= 11 is 0. The van der Waals surface area contributed by atoms with E-state index >= 15 is 0 Å². The summed E-state index contributed by atoms with van der Waals surface area (Å²) < 4.78 is 16.0. The molecule has 1 aromatic heterocycles. The average Bonchev–Trinajstić information content (AvgIpc) is 3.02. The summed E-state index contributed by atoms with van der Waals surface area (Å²) in [6.45, 7) is 1.97. The molecule has 1 aliphatic rings. The molecule has 0 bridgehead atoms. The summed E-state index contributed by atoms with van der Waals surface area (Å²) in [6, 6.07) is 9.30. The van der Waals surface area contributed by atoms with E-state index in [9.17, 15) is 4.79 Å². The molecule has 2 heterocycles. The zero-order valence-electron chi connectivity index (χ0n) is 14.0. The number of benzene rings is 1. The second kappa shape index (κ2) is 7.17. The quantitative estimate of drug-likeness (QED) is 0.836. The van der Waals surface area contributed by atoms with Crippen LogP contribution in [0.1, 0.15) is 33.5 Å². The number of carboxylic acids is 1. The van der Waals surface area contributed by atoms with Crippen molar-refractivity contribution in [2.24, 2.45) is 0 Å². The monoisotopic (exact) mass is 341 g/mol. The molecule has 6 heteroatoms. The van der Waals surface area contributed by atoms with Gasteiger partial charge in [0.05, 0.1) is 13.2 Å². The van der Waals surface area contributed by atoms with Gasteiger partial charge in [0.15, 0.2) is 0 Å². The fourth-order valence-electron chi connectivity index (χ4n) is 2.50. The predicted molar refractivity (Wildman–Crippen MR) is 91.3 cm³/mol. The highest BCUT2D eigenvalue weighted by Crippen LogP contribution is 2.23. The fraction of sp³-hybridized carbons (Fsp3) is 0.211. The number of carboxylic acid groups (broad SMARTS) is 1. The van der Waals surface area contributed by atoms with E-state index in [0.29, 0.717) is 11.5 Å². The summed E-state index contributed by atoms with van der Waals surface area (Å²) in [5.74, 6) is 0.871. The molecule has 25 heavy (non-hydrogen) atoms. The van der Waals surface area contributed by atoms with Gasteiger partial charge in [0.2, 0.25) is 5.76 Å². The van der Waals surface area contributed by atoms with Gasteiger partial charge < -0.3 is 24.3 Å². The molecule has 0 saturated carbocycles. The Balaban J connectivity index is 1.61. The highest BCUT2D eigenvalue weighted by atomic mass is 16.5. The first-order valence-corrected chi connectivity index (χ1v) is 7.80. The number of ether oxygens (including phenoxy) is 2. The molecule has 1 unspecified atom stereocenters. The smallest absolute Gasteiger partial charge is 0.371 e. The van der Waals surface area contributed by atoms with Gasteiger partial charge in [-0.1, -0.05) is 18.2 Å². The van der Waals surface area contributed by atoms with E-state index in [1.807, 2.05) is 42.6 Å². The molecule has 1 atom stereocenters. The number of hydrogen-bond donors (Lipinski definition) is 2. The van der Waals surface area contributed by atoms with Gasteiger partial charge in [0.1, 0.15) is 23.9 Å². The third-order valence-electron chi connectivity index (χ3n) is 3.96. The van der Waals surface area contributed by atoms with E-state index in [1.54, 1.807) is 14.0 Å². The second-order valence-corrected chi connectivity index (χ2v) is 5.61. The molecular formula is C19H19NO5. The van der Waals surface area contributed by atoms with Gasteiger partial charge in [-0.15, -0.1) is 0 Å². The van der Waals surface area contributed by atoms with Crippen LogP contribution >= 0.6 is 0 Å². The highest BCUT2D eigenvalue weighted by Gasteiger charge is 2.14. The first-order chi connectivity index (χ1) is 12.1. The molecule has 0 amide bonds. The molecule has 0 spiro atoms. The van der Waals surface area contributed by atoms with Gasteiger partial charge in [-0.05, 0) is 36.8 Å². The number of allylic oxidation sites excluding steroid dienone is 1. The normalized spacial score (nSPS) is 16.1. The van der Waals surface area contributed by atoms with E-state index in [4.69, 9.17) is 19.0 Å². The van der Waals surface area contributed by atoms with Gasteiger partial charge >= 0.3 is 5.97 Å². The maximum Gasteiger partial charge on any atom is 0.371 e. The Bertz CT molecular complexity index is 817. The lowest BCUT2D eigenvalue weighted by atomic mass is 10.0. The van der Waals surface area contributed by atoms with Crippen molar-refractivity contribution in [2.45, 2.75) is 19.6 Å². The molecule has 130 valence electrons. The van der Waals surface area contributed by atoms with Crippen LogP contribution in [0.2, 0.25) is 0 Å². The van der Waals surface area contributed by atoms with Crippen molar-refractivity contribution in [2.75, 3.05) is 7.11 Å². The van der Waals surface area contributed by atoms with Crippen LogP contribution in [0, 0.1) is 6.92 Å². The zero-order valence-corrected chi connectivity index (χ0v) is 14.0. The summed E-state index contributed by atoms with van der Waals surface area (Å²) in [4.78, 5) is 10.9. The molecule has 2 N–H and O–H groups in total. The third kappa shape index (κ3) is 3.85. The molecular weight excluding hydrogens is 322 g/mol. The predicted octanol–water partition coefficient (Wildman–Crippen LogP) is 3.55. The number of rotatable bonds is 6. The van der Waals surface area contributed by atoms with E-state index in [2.05, 4.69) is 5.32 Å². The Kier molecular flexibility index (Phi) is 4.79. The lowest BCUT2D eigenvalue weighted by Gasteiger charge is -2.18. The van der Waals surface area contributed by atoms with Crippen LogP contribution in [0.25, 0.3) is 0 Å². The molecule has 0 fully saturated rings. The summed E-state index contributed by atoms with van der Waals surface area (Å²) in [7, 11) is 1.63. The van der Waals surface area contributed by atoms with Crippen molar-refractivity contribution >= 4 is 5.97 Å². The Morgan fingerprint density at radius 2 is 2.08 bits per heavy atom. The lowest BCUT2D eigenvalue weighted by Crippen LogP contribution is -2.17. The van der Waals surface area contributed by atoms with Crippen LogP contribution in [-0.4, -0.2) is 18.2 Å². The minimum absolute atomic E-state index is 0.0786. The maximum atomic E-state index is 10.9. The zero-order chi connectivity index (χ0) is 17.8. The summed E-state index contributed by atoms with van der Waals surface area (Å²) in [6.07, 6.45) is 5.78. The van der Waals surface area contributed by atoms with Crippen LogP contribution in [0.5, 0.6) is 5.75 Å². The number of methoxy groups -OCH3 is 1. The van der Waals surface area contributed by atoms with E-state index in [-0.39, 0.29) is 18.4 Å². The molecule has 0 aliphatic carbocycles. The van der Waals surface area contributed by atoms with E-state index in [1.165, 1.54) is 6.07 Å². The molecule has 0 saturated heterocycles. The Morgan fingerprint density at radius 1 is 1.32 bits per heavy atom. The number of aromatic carboxylic acids is 1. The van der Waals surface area contributed by atoms with Gasteiger partial charge in [0, 0.05) is 11.8 Å². The Hall–Kier alpha value is -3.15. The van der Waals surface area contributed by atoms with Crippen molar-refractivity contribution in [3.05, 3.63) is 77.1 Å². The second-order valence-electron chi connectivity index (χ2n) is 5.61. The van der Waals surface area contributed by atoms with Gasteiger partial charge in [-0.25, -0.2) is 4.79 Å². The van der Waals surface area contributed by atoms with Crippen molar-refractivity contribution < 1.29 is 23.8 Å². The topological polar surface area (TPSA) is 80.9 Å². The number of carbonyl (C=O) groups is 1. The number of furan rings is 1. The van der Waals surface area contributed by atoms with Crippen LogP contribution < -0.4 is 10.1 Å². The fourth-order valence-corrected chi connectivity index (χ4v) is 2.50.